The second-order valence-corrected chi connectivity index (χ2v) is 12.3. The van der Waals surface area contributed by atoms with Gasteiger partial charge in [0.15, 0.2) is 0 Å². The molecule has 4 aliphatic carbocycles. The summed E-state index contributed by atoms with van der Waals surface area (Å²) in [6.45, 7) is 12.6. The first-order valence-corrected chi connectivity index (χ1v) is 12.6. The maximum absolute atomic E-state index is 10.1. The fourth-order valence-electron chi connectivity index (χ4n) is 8.89. The first-order valence-electron chi connectivity index (χ1n) is 12.6. The van der Waals surface area contributed by atoms with Gasteiger partial charge in [0.05, 0.1) is 5.76 Å². The predicted octanol–water partition coefficient (Wildman–Crippen LogP) is 8.16. The number of rotatable bonds is 5. The highest BCUT2D eigenvalue weighted by Crippen LogP contribution is 2.68. The van der Waals surface area contributed by atoms with Crippen molar-refractivity contribution in [3.05, 3.63) is 11.8 Å². The van der Waals surface area contributed by atoms with Crippen molar-refractivity contribution in [3.63, 3.8) is 0 Å². The molecule has 0 heterocycles. The minimum atomic E-state index is 0.456. The fourth-order valence-corrected chi connectivity index (χ4v) is 8.89. The van der Waals surface area contributed by atoms with Crippen molar-refractivity contribution in [2.45, 2.75) is 105 Å². The zero-order valence-corrected chi connectivity index (χ0v) is 19.3. The van der Waals surface area contributed by atoms with Gasteiger partial charge in [0.2, 0.25) is 0 Å². The predicted molar refractivity (Wildman–Crippen MR) is 119 cm³/mol. The molecule has 0 aromatic rings. The van der Waals surface area contributed by atoms with E-state index in [0.29, 0.717) is 16.6 Å². The standard InChI is InChI=1S/C27H46O/c1-18(2)7-6-8-19(3)23-11-12-24-22-10-9-20-17-21(28)13-15-26(20,4)25(22)14-16-27(23,24)5/h13,18-20,22-25,28H,6-12,14-17H2,1-5H3/t19-,20-,22+,23-,24+,25+,26+,27-/m1/s1. The minimum Gasteiger partial charge on any atom is -0.513 e. The Hall–Kier alpha value is -0.460. The van der Waals surface area contributed by atoms with Crippen LogP contribution in [0.3, 0.4) is 0 Å². The van der Waals surface area contributed by atoms with Crippen LogP contribution in [0.15, 0.2) is 11.8 Å². The molecule has 1 nitrogen and oxygen atoms in total. The van der Waals surface area contributed by atoms with Crippen molar-refractivity contribution in [2.75, 3.05) is 0 Å². The van der Waals surface area contributed by atoms with Crippen LogP contribution in [-0.2, 0) is 0 Å². The summed E-state index contributed by atoms with van der Waals surface area (Å²) >= 11 is 0. The molecule has 0 unspecified atom stereocenters. The molecule has 28 heavy (non-hydrogen) atoms. The summed E-state index contributed by atoms with van der Waals surface area (Å²) in [5, 5.41) is 10.1. The molecule has 0 saturated heterocycles. The third-order valence-corrected chi connectivity index (χ3v) is 10.5. The van der Waals surface area contributed by atoms with Crippen LogP contribution in [0.4, 0.5) is 0 Å². The van der Waals surface area contributed by atoms with E-state index >= 15 is 0 Å². The van der Waals surface area contributed by atoms with E-state index in [1.165, 1.54) is 57.8 Å². The Kier molecular flexibility index (Phi) is 5.69. The van der Waals surface area contributed by atoms with Gasteiger partial charge in [-0.15, -0.1) is 0 Å². The van der Waals surface area contributed by atoms with Gasteiger partial charge in [0, 0.05) is 6.42 Å². The molecule has 160 valence electrons. The SMILES string of the molecule is CC(C)CCC[C@@H](C)[C@H]1CC[C@H]2[C@@H]3CC[C@@H]4CC(O)=CC[C@]4(C)[C@H]3CC[C@]12C. The average molecular weight is 387 g/mol. The molecule has 0 radical (unpaired) electrons. The van der Waals surface area contributed by atoms with E-state index in [1.807, 2.05) is 0 Å². The molecule has 1 N–H and O–H groups in total. The topological polar surface area (TPSA) is 20.2 Å². The summed E-state index contributed by atoms with van der Waals surface area (Å²) < 4.78 is 0. The summed E-state index contributed by atoms with van der Waals surface area (Å²) in [6, 6.07) is 0. The monoisotopic (exact) mass is 386 g/mol. The molecular formula is C27H46O. The largest absolute Gasteiger partial charge is 0.513 e. The van der Waals surface area contributed by atoms with Crippen molar-refractivity contribution in [2.24, 2.45) is 52.3 Å². The van der Waals surface area contributed by atoms with Gasteiger partial charge in [0.25, 0.3) is 0 Å². The Morgan fingerprint density at radius 3 is 2.46 bits per heavy atom. The molecule has 3 saturated carbocycles. The second kappa shape index (κ2) is 7.66. The molecule has 0 amide bonds. The summed E-state index contributed by atoms with van der Waals surface area (Å²) in [4.78, 5) is 0. The van der Waals surface area contributed by atoms with Crippen LogP contribution in [0.25, 0.3) is 0 Å². The molecule has 0 bridgehead atoms. The van der Waals surface area contributed by atoms with E-state index in [-0.39, 0.29) is 0 Å². The van der Waals surface area contributed by atoms with Gasteiger partial charge in [-0.1, -0.05) is 53.9 Å². The van der Waals surface area contributed by atoms with E-state index in [0.717, 1.165) is 54.3 Å². The van der Waals surface area contributed by atoms with Crippen LogP contribution >= 0.6 is 0 Å². The molecule has 4 aliphatic rings. The van der Waals surface area contributed by atoms with Gasteiger partial charge in [-0.25, -0.2) is 0 Å². The van der Waals surface area contributed by atoms with Crippen molar-refractivity contribution < 1.29 is 5.11 Å². The van der Waals surface area contributed by atoms with Gasteiger partial charge in [-0.3, -0.25) is 0 Å². The molecule has 8 atom stereocenters. The van der Waals surface area contributed by atoms with Crippen molar-refractivity contribution in [1.82, 2.24) is 0 Å². The van der Waals surface area contributed by atoms with E-state index in [2.05, 4.69) is 40.7 Å². The lowest BCUT2D eigenvalue weighted by molar-refractivity contribution is -0.104. The maximum atomic E-state index is 10.1. The molecule has 0 aromatic carbocycles. The molecular weight excluding hydrogens is 340 g/mol. The molecule has 3 fully saturated rings. The van der Waals surface area contributed by atoms with Crippen molar-refractivity contribution >= 4 is 0 Å². The number of aliphatic hydroxyl groups is 1. The number of allylic oxidation sites excluding steroid dienone is 2. The van der Waals surface area contributed by atoms with Crippen LogP contribution in [0.1, 0.15) is 105 Å². The highest BCUT2D eigenvalue weighted by Gasteiger charge is 2.60. The Morgan fingerprint density at radius 1 is 0.964 bits per heavy atom. The summed E-state index contributed by atoms with van der Waals surface area (Å²) in [5.74, 6) is 6.98. The van der Waals surface area contributed by atoms with Gasteiger partial charge in [-0.05, 0) is 103 Å². The lowest BCUT2D eigenvalue weighted by Crippen LogP contribution is -2.52. The Morgan fingerprint density at radius 2 is 1.71 bits per heavy atom. The normalized spacial score (nSPS) is 46.5. The zero-order valence-electron chi connectivity index (χ0n) is 19.3. The molecule has 0 aliphatic heterocycles. The smallest absolute Gasteiger partial charge is 0.0886 e. The van der Waals surface area contributed by atoms with Crippen LogP contribution in [0, 0.1) is 52.3 Å². The molecule has 0 aromatic heterocycles. The lowest BCUT2D eigenvalue weighted by atomic mass is 9.45. The Labute approximate surface area is 174 Å². The van der Waals surface area contributed by atoms with E-state index in [4.69, 9.17) is 0 Å². The first-order chi connectivity index (χ1) is 13.3. The van der Waals surface area contributed by atoms with Gasteiger partial charge < -0.3 is 5.11 Å². The number of hydrogen-bond acceptors (Lipinski definition) is 1. The number of fused-ring (bicyclic) bond motifs is 5. The second-order valence-electron chi connectivity index (χ2n) is 12.3. The number of aliphatic hydroxyl groups excluding tert-OH is 1. The fraction of sp³-hybridized carbons (Fsp3) is 0.926. The molecule has 0 spiro atoms. The quantitative estimate of drug-likeness (QED) is 0.505. The van der Waals surface area contributed by atoms with Gasteiger partial charge in [-0.2, -0.15) is 0 Å². The third kappa shape index (κ3) is 3.37. The highest BCUT2D eigenvalue weighted by atomic mass is 16.3. The van der Waals surface area contributed by atoms with E-state index < -0.39 is 0 Å². The van der Waals surface area contributed by atoms with Crippen LogP contribution in [0.5, 0.6) is 0 Å². The van der Waals surface area contributed by atoms with Gasteiger partial charge >= 0.3 is 0 Å². The van der Waals surface area contributed by atoms with Gasteiger partial charge in [0.1, 0.15) is 0 Å². The Bertz CT molecular complexity index is 591. The first kappa shape index (κ1) is 20.8. The van der Waals surface area contributed by atoms with Crippen molar-refractivity contribution in [3.8, 4) is 0 Å². The highest BCUT2D eigenvalue weighted by molar-refractivity contribution is 5.14. The maximum Gasteiger partial charge on any atom is 0.0886 e. The third-order valence-electron chi connectivity index (χ3n) is 10.5. The minimum absolute atomic E-state index is 0.456. The van der Waals surface area contributed by atoms with Crippen LogP contribution < -0.4 is 0 Å². The average Bonchev–Trinajstić information content (AvgIpc) is 2.99. The van der Waals surface area contributed by atoms with Crippen molar-refractivity contribution in [1.29, 1.82) is 0 Å². The van der Waals surface area contributed by atoms with Crippen LogP contribution in [0.2, 0.25) is 0 Å². The number of hydrogen-bond donors (Lipinski definition) is 1. The van der Waals surface area contributed by atoms with E-state index in [1.54, 1.807) is 0 Å². The lowest BCUT2D eigenvalue weighted by Gasteiger charge is -2.60. The summed E-state index contributed by atoms with van der Waals surface area (Å²) in [5.41, 5.74) is 1.06. The molecule has 4 rings (SSSR count). The molecule has 1 heteroatoms. The van der Waals surface area contributed by atoms with Crippen LogP contribution in [-0.4, -0.2) is 5.11 Å². The van der Waals surface area contributed by atoms with E-state index in [9.17, 15) is 5.11 Å². The Balaban J connectivity index is 1.48. The summed E-state index contributed by atoms with van der Waals surface area (Å²) in [6.07, 6.45) is 17.2. The summed E-state index contributed by atoms with van der Waals surface area (Å²) in [7, 11) is 0. The zero-order chi connectivity index (χ0) is 20.1.